The fourth-order valence-corrected chi connectivity index (χ4v) is 5.77. The van der Waals surface area contributed by atoms with Crippen LogP contribution in [0.25, 0.3) is 0 Å². The van der Waals surface area contributed by atoms with Crippen LogP contribution in [0.4, 0.5) is 5.95 Å². The van der Waals surface area contributed by atoms with Crippen molar-refractivity contribution in [3.05, 3.63) is 46.3 Å². The number of rotatable bonds is 4. The quantitative estimate of drug-likeness (QED) is 0.664. The highest BCUT2D eigenvalue weighted by Gasteiger charge is 2.41. The summed E-state index contributed by atoms with van der Waals surface area (Å²) in [5, 5.41) is 0. The van der Waals surface area contributed by atoms with Crippen LogP contribution in [-0.2, 0) is 13.0 Å². The number of methoxy groups -OCH3 is 1. The maximum atomic E-state index is 5.51. The van der Waals surface area contributed by atoms with Gasteiger partial charge in [0.1, 0.15) is 5.75 Å². The molecule has 3 atom stereocenters. The highest BCUT2D eigenvalue weighted by Crippen LogP contribution is 2.44. The molecule has 1 aromatic carbocycles. The molecule has 0 N–H and O–H groups in total. The molecule has 1 aromatic heterocycles. The zero-order valence-corrected chi connectivity index (χ0v) is 20.0. The molecule has 0 spiro atoms. The van der Waals surface area contributed by atoms with E-state index in [2.05, 4.69) is 48.9 Å². The number of nitrogens with zero attached hydrogens (tertiary/aromatic N) is 4. The van der Waals surface area contributed by atoms with Crippen molar-refractivity contribution in [2.75, 3.05) is 25.1 Å². The molecule has 2 fully saturated rings. The number of anilines is 1. The van der Waals surface area contributed by atoms with Gasteiger partial charge in [-0.15, -0.1) is 12.4 Å². The van der Waals surface area contributed by atoms with Crippen molar-refractivity contribution in [2.24, 2.45) is 5.92 Å². The number of aryl methyl sites for hydroxylation is 2. The first-order valence-electron chi connectivity index (χ1n) is 11.5. The largest absolute Gasteiger partial charge is 0.496 e. The standard InChI is InChI=1S/C25H34N4O.ClH/c1-16-6-5-9-28(14-16)25-26-13-21-22(27-25)12-20-7-8-23(21)29(20)15-19-10-18(3)24(30-4)11-17(19)2;/h10-11,13,16,20,23H,5-9,12,14-15H2,1-4H3;1H. The van der Waals surface area contributed by atoms with Gasteiger partial charge in [0.25, 0.3) is 0 Å². The Balaban J connectivity index is 0.00000231. The molecule has 31 heavy (non-hydrogen) atoms. The fourth-order valence-electron chi connectivity index (χ4n) is 5.77. The van der Waals surface area contributed by atoms with Gasteiger partial charge in [0.2, 0.25) is 5.95 Å². The highest BCUT2D eigenvalue weighted by atomic mass is 35.5. The van der Waals surface area contributed by atoms with Gasteiger partial charge < -0.3 is 9.64 Å². The Morgan fingerprint density at radius 3 is 2.74 bits per heavy atom. The molecule has 3 aliphatic heterocycles. The Hall–Kier alpha value is -1.85. The molecular formula is C25H35ClN4O. The van der Waals surface area contributed by atoms with E-state index in [9.17, 15) is 0 Å². The van der Waals surface area contributed by atoms with Crippen molar-refractivity contribution in [1.29, 1.82) is 0 Å². The zero-order chi connectivity index (χ0) is 20.8. The molecule has 0 saturated carbocycles. The predicted octanol–water partition coefficient (Wildman–Crippen LogP) is 5.02. The van der Waals surface area contributed by atoms with Gasteiger partial charge in [0, 0.05) is 49.9 Å². The van der Waals surface area contributed by atoms with Gasteiger partial charge in [-0.3, -0.25) is 4.90 Å². The molecule has 0 radical (unpaired) electrons. The molecule has 168 valence electrons. The van der Waals surface area contributed by atoms with E-state index in [1.807, 2.05) is 0 Å². The number of halogens is 1. The molecule has 3 unspecified atom stereocenters. The second kappa shape index (κ2) is 8.95. The minimum absolute atomic E-state index is 0. The van der Waals surface area contributed by atoms with Crippen molar-refractivity contribution >= 4 is 18.4 Å². The number of hydrogen-bond donors (Lipinski definition) is 0. The number of hydrogen-bond acceptors (Lipinski definition) is 5. The zero-order valence-electron chi connectivity index (χ0n) is 19.2. The van der Waals surface area contributed by atoms with Crippen LogP contribution in [0, 0.1) is 19.8 Å². The Morgan fingerprint density at radius 1 is 1.13 bits per heavy atom. The lowest BCUT2D eigenvalue weighted by Crippen LogP contribution is -2.39. The van der Waals surface area contributed by atoms with E-state index in [0.29, 0.717) is 12.1 Å². The Morgan fingerprint density at radius 2 is 1.97 bits per heavy atom. The van der Waals surface area contributed by atoms with Gasteiger partial charge in [-0.25, -0.2) is 9.97 Å². The van der Waals surface area contributed by atoms with Crippen LogP contribution in [0.5, 0.6) is 5.75 Å². The summed E-state index contributed by atoms with van der Waals surface area (Å²) in [5.41, 5.74) is 6.60. The second-order valence-corrected chi connectivity index (χ2v) is 9.64. The Labute approximate surface area is 192 Å². The summed E-state index contributed by atoms with van der Waals surface area (Å²) in [6.07, 6.45) is 8.24. The number of aromatic nitrogens is 2. The van der Waals surface area contributed by atoms with Crippen LogP contribution in [0.15, 0.2) is 18.3 Å². The third-order valence-corrected chi connectivity index (χ3v) is 7.46. The molecule has 0 amide bonds. The molecule has 2 bridgehead atoms. The average Bonchev–Trinajstić information content (AvgIpc) is 3.01. The van der Waals surface area contributed by atoms with Crippen molar-refractivity contribution in [3.63, 3.8) is 0 Å². The average molecular weight is 443 g/mol. The molecule has 5 nitrogen and oxygen atoms in total. The molecule has 2 aromatic rings. The predicted molar refractivity (Wildman–Crippen MR) is 127 cm³/mol. The van der Waals surface area contributed by atoms with E-state index < -0.39 is 0 Å². The number of benzene rings is 1. The summed E-state index contributed by atoms with van der Waals surface area (Å²) < 4.78 is 5.51. The highest BCUT2D eigenvalue weighted by molar-refractivity contribution is 5.85. The smallest absolute Gasteiger partial charge is 0.225 e. The summed E-state index contributed by atoms with van der Waals surface area (Å²) in [6, 6.07) is 5.53. The van der Waals surface area contributed by atoms with Crippen LogP contribution in [0.2, 0.25) is 0 Å². The maximum Gasteiger partial charge on any atom is 0.225 e. The lowest BCUT2D eigenvalue weighted by molar-refractivity contribution is 0.166. The maximum absolute atomic E-state index is 5.51. The van der Waals surface area contributed by atoms with Crippen LogP contribution in [0.3, 0.4) is 0 Å². The van der Waals surface area contributed by atoms with Crippen molar-refractivity contribution < 1.29 is 4.74 Å². The summed E-state index contributed by atoms with van der Waals surface area (Å²) in [4.78, 5) is 15.0. The van der Waals surface area contributed by atoms with Gasteiger partial charge in [-0.2, -0.15) is 0 Å². The van der Waals surface area contributed by atoms with Gasteiger partial charge in [0.05, 0.1) is 12.8 Å². The molecule has 3 aliphatic rings. The van der Waals surface area contributed by atoms with Gasteiger partial charge in [0.15, 0.2) is 0 Å². The summed E-state index contributed by atoms with van der Waals surface area (Å²) in [6.45, 7) is 9.86. The van der Waals surface area contributed by atoms with E-state index in [-0.39, 0.29) is 12.4 Å². The van der Waals surface area contributed by atoms with Gasteiger partial charge >= 0.3 is 0 Å². The van der Waals surface area contributed by atoms with Crippen LogP contribution < -0.4 is 9.64 Å². The summed E-state index contributed by atoms with van der Waals surface area (Å²) in [7, 11) is 1.75. The van der Waals surface area contributed by atoms with Crippen LogP contribution in [-0.4, -0.2) is 41.1 Å². The minimum Gasteiger partial charge on any atom is -0.496 e. The SMILES string of the molecule is COc1cc(C)c(CN2C3CCC2c2cnc(N4CCCC(C)C4)nc2C3)cc1C.Cl. The molecule has 6 heteroatoms. The van der Waals surface area contributed by atoms with Crippen LogP contribution in [0.1, 0.15) is 66.6 Å². The van der Waals surface area contributed by atoms with Crippen molar-refractivity contribution in [3.8, 4) is 5.75 Å². The van der Waals surface area contributed by atoms with E-state index >= 15 is 0 Å². The normalized spacial score (nSPS) is 25.2. The number of fused-ring (bicyclic) bond motifs is 4. The first kappa shape index (κ1) is 22.3. The topological polar surface area (TPSA) is 41.5 Å². The lowest BCUT2D eigenvalue weighted by atomic mass is 9.97. The van der Waals surface area contributed by atoms with Crippen LogP contribution >= 0.6 is 12.4 Å². The molecule has 5 rings (SSSR count). The molecule has 2 saturated heterocycles. The fraction of sp³-hybridized carbons (Fsp3) is 0.600. The minimum atomic E-state index is 0. The summed E-state index contributed by atoms with van der Waals surface area (Å²) >= 11 is 0. The van der Waals surface area contributed by atoms with E-state index in [1.165, 1.54) is 53.6 Å². The van der Waals surface area contributed by atoms with Gasteiger partial charge in [-0.05, 0) is 68.2 Å². The molecular weight excluding hydrogens is 408 g/mol. The monoisotopic (exact) mass is 442 g/mol. The van der Waals surface area contributed by atoms with Crippen molar-refractivity contribution in [2.45, 2.75) is 71.5 Å². The summed E-state index contributed by atoms with van der Waals surface area (Å²) in [5.74, 6) is 2.67. The van der Waals surface area contributed by atoms with Crippen molar-refractivity contribution in [1.82, 2.24) is 14.9 Å². The first-order valence-corrected chi connectivity index (χ1v) is 11.5. The number of ether oxygens (including phenoxy) is 1. The second-order valence-electron chi connectivity index (χ2n) is 9.64. The lowest BCUT2D eigenvalue weighted by Gasteiger charge is -2.37. The van der Waals surface area contributed by atoms with E-state index in [1.54, 1.807) is 7.11 Å². The molecule has 4 heterocycles. The Bertz CT molecular complexity index is 949. The third kappa shape index (κ3) is 4.14. The third-order valence-electron chi connectivity index (χ3n) is 7.46. The Kier molecular flexibility index (Phi) is 6.45. The van der Waals surface area contributed by atoms with E-state index in [0.717, 1.165) is 43.7 Å². The van der Waals surface area contributed by atoms with Gasteiger partial charge in [-0.1, -0.05) is 13.0 Å². The van der Waals surface area contributed by atoms with E-state index in [4.69, 9.17) is 14.7 Å². The first-order chi connectivity index (χ1) is 14.5. The molecule has 0 aliphatic carbocycles. The number of piperidine rings is 1.